The number of aryl methyl sites for hydroxylation is 2. The number of para-hydroxylation sites is 4. The van der Waals surface area contributed by atoms with Gasteiger partial charge in [-0.25, -0.2) is 0 Å². The number of nitrogens with zero attached hydrogens (tertiary/aromatic N) is 2. The Labute approximate surface area is 354 Å². The minimum Gasteiger partial charge on any atom is -1.00 e. The molecule has 10 rings (SSSR count). The van der Waals surface area contributed by atoms with E-state index in [1.54, 1.807) is 23.3 Å². The van der Waals surface area contributed by atoms with Crippen LogP contribution >= 0.6 is 23.5 Å². The van der Waals surface area contributed by atoms with Crippen LogP contribution in [0.15, 0.2) is 177 Å². The van der Waals surface area contributed by atoms with Crippen LogP contribution in [0.2, 0.25) is 13.1 Å². The summed E-state index contributed by atoms with van der Waals surface area (Å²) in [6, 6.07) is 57.1. The van der Waals surface area contributed by atoms with Gasteiger partial charge >= 0.3 is 41.9 Å². The van der Waals surface area contributed by atoms with Crippen molar-refractivity contribution < 1.29 is 48.1 Å². The second-order valence-electron chi connectivity index (χ2n) is 13.4. The Hall–Kier alpha value is -3.48. The van der Waals surface area contributed by atoms with Gasteiger partial charge in [0.15, 0.2) is 0 Å². The molecule has 2 heterocycles. The van der Waals surface area contributed by atoms with Gasteiger partial charge in [-0.1, -0.05) is 98.0 Å². The average molecular weight is 873 g/mol. The first-order chi connectivity index (χ1) is 25.3. The minimum absolute atomic E-state index is 0. The predicted octanol–water partition coefficient (Wildman–Crippen LogP) is 8.40. The van der Waals surface area contributed by atoms with Gasteiger partial charge in [-0.2, -0.15) is 12.1 Å². The molecule has 8 aromatic carbocycles. The third-order valence-corrected chi connectivity index (χ3v) is 11.3. The first-order valence-electron chi connectivity index (χ1n) is 17.5. The quantitative estimate of drug-likeness (QED) is 0.127. The van der Waals surface area contributed by atoms with Gasteiger partial charge in [-0.05, 0) is 48.5 Å². The number of hydrogen-bond acceptors (Lipinski definition) is 4. The maximum atomic E-state index is 2.38. The van der Waals surface area contributed by atoms with E-state index in [-0.39, 0.29) is 30.2 Å². The van der Waals surface area contributed by atoms with E-state index >= 15 is 0 Å². The van der Waals surface area contributed by atoms with Crippen LogP contribution in [0, 0.1) is 13.8 Å². The van der Waals surface area contributed by atoms with Gasteiger partial charge in [0.1, 0.15) is 0 Å². The third kappa shape index (κ3) is 8.35. The van der Waals surface area contributed by atoms with Crippen LogP contribution < -0.4 is 34.6 Å². The molecule has 268 valence electrons. The Balaban J connectivity index is 0.000000162. The summed E-state index contributed by atoms with van der Waals surface area (Å²) in [5.41, 5.74) is 10.3. The van der Waals surface area contributed by atoms with E-state index < -0.39 is 0 Å². The number of anilines is 6. The Bertz CT molecular complexity index is 2330. The SMILES string of the molecule is C[Si](C)=[Zr+2].Cc1cc2ccc(N3c4ccccc4Sc4ccccc43)cc2[cH-]1.Cc1cc2ccc(N3c4ccccc4Sc4ccccc43)cc2[cH-]1.[Cl-].[Cl-]. The van der Waals surface area contributed by atoms with E-state index in [4.69, 9.17) is 0 Å². The summed E-state index contributed by atoms with van der Waals surface area (Å²) in [6.07, 6.45) is 0. The molecule has 2 nitrogen and oxygen atoms in total. The van der Waals surface area contributed by atoms with Gasteiger partial charge in [-0.3, -0.25) is 0 Å². The molecule has 0 saturated carbocycles. The molecule has 0 fully saturated rings. The number of rotatable bonds is 2. The van der Waals surface area contributed by atoms with Crippen molar-refractivity contribution in [3.05, 3.63) is 169 Å². The molecule has 0 spiro atoms. The second kappa shape index (κ2) is 17.5. The van der Waals surface area contributed by atoms with Crippen molar-refractivity contribution in [2.75, 3.05) is 9.80 Å². The molecule has 0 bridgehead atoms. The topological polar surface area (TPSA) is 6.48 Å². The largest absolute Gasteiger partial charge is 1.00 e. The Morgan fingerprint density at radius 3 is 1.07 bits per heavy atom. The Morgan fingerprint density at radius 2 is 0.759 bits per heavy atom. The fourth-order valence-corrected chi connectivity index (χ4v) is 9.06. The normalized spacial score (nSPS) is 12.0. The van der Waals surface area contributed by atoms with Crippen LogP contribution in [0.4, 0.5) is 34.1 Å². The maximum Gasteiger partial charge on any atom is 0.0593 e. The van der Waals surface area contributed by atoms with Crippen molar-refractivity contribution in [3.63, 3.8) is 0 Å². The van der Waals surface area contributed by atoms with Crippen molar-refractivity contribution >= 4 is 84.6 Å². The molecule has 0 radical (unpaired) electrons. The molecule has 0 aromatic heterocycles. The van der Waals surface area contributed by atoms with Crippen molar-refractivity contribution in [2.45, 2.75) is 46.5 Å². The monoisotopic (exact) mass is 870 g/mol. The third-order valence-electron chi connectivity index (χ3n) is 9.05. The predicted molar refractivity (Wildman–Crippen MR) is 224 cm³/mol. The summed E-state index contributed by atoms with van der Waals surface area (Å²) < 4.78 is 0. The van der Waals surface area contributed by atoms with Crippen LogP contribution in [-0.2, 0) is 23.3 Å². The molecular weight excluding hydrogens is 835 g/mol. The first kappa shape index (κ1) is 40.2. The maximum absolute atomic E-state index is 2.38. The van der Waals surface area contributed by atoms with Gasteiger partial charge < -0.3 is 34.6 Å². The summed E-state index contributed by atoms with van der Waals surface area (Å²) >= 11 is 5.43. The smallest absolute Gasteiger partial charge is 0.0593 e. The Kier molecular flexibility index (Phi) is 13.1. The zero-order chi connectivity index (χ0) is 35.8. The van der Waals surface area contributed by atoms with Crippen LogP contribution in [0.5, 0.6) is 0 Å². The van der Waals surface area contributed by atoms with E-state index in [0.29, 0.717) is 0 Å². The molecule has 2 aliphatic rings. The summed E-state index contributed by atoms with van der Waals surface area (Å²) in [5, 5.41) is 5.23. The zero-order valence-electron chi connectivity index (χ0n) is 30.5. The summed E-state index contributed by atoms with van der Waals surface area (Å²) in [5.74, 6) is 0. The molecule has 0 atom stereocenters. The number of hydrogen-bond donors (Lipinski definition) is 0. The van der Waals surface area contributed by atoms with Gasteiger partial charge in [0.25, 0.3) is 0 Å². The zero-order valence-corrected chi connectivity index (χ0v) is 37.1. The van der Waals surface area contributed by atoms with E-state index in [9.17, 15) is 0 Å². The molecule has 0 aliphatic carbocycles. The average Bonchev–Trinajstić information content (AvgIpc) is 3.72. The molecule has 8 heteroatoms. The number of benzene rings is 6. The molecule has 2 aliphatic heterocycles. The van der Waals surface area contributed by atoms with Crippen molar-refractivity contribution in [1.82, 2.24) is 0 Å². The van der Waals surface area contributed by atoms with Crippen LogP contribution in [0.25, 0.3) is 21.5 Å². The van der Waals surface area contributed by atoms with E-state index in [2.05, 4.69) is 194 Å². The summed E-state index contributed by atoms with van der Waals surface area (Å²) in [7, 11) is 0. The van der Waals surface area contributed by atoms with Crippen molar-refractivity contribution in [1.29, 1.82) is 0 Å². The fourth-order valence-electron chi connectivity index (χ4n) is 6.95. The van der Waals surface area contributed by atoms with E-state index in [0.717, 1.165) is 0 Å². The molecule has 8 aromatic rings. The molecule has 0 saturated heterocycles. The molecule has 0 amide bonds. The van der Waals surface area contributed by atoms with Gasteiger partial charge in [0.05, 0.1) is 22.7 Å². The van der Waals surface area contributed by atoms with E-state index in [1.165, 1.54) is 86.4 Å². The van der Waals surface area contributed by atoms with Crippen molar-refractivity contribution in [3.8, 4) is 0 Å². The number of fused-ring (bicyclic) bond motifs is 6. The van der Waals surface area contributed by atoms with Crippen LogP contribution in [-0.4, -0.2) is 5.43 Å². The standard InChI is InChI=1S/2C22H16NS.C2H6Si.2ClH.Zr/c2*1-15-12-16-10-11-18(14-17(16)13-15)23-19-6-2-4-8-21(19)24-22-9-5-3-7-20(22)23;1-3-2;;;/h2*2-14H,1H3;1-2H3;2*1H;/q2*-1;;;;+2/p-2. The molecule has 54 heavy (non-hydrogen) atoms. The Morgan fingerprint density at radius 1 is 0.463 bits per heavy atom. The summed E-state index contributed by atoms with van der Waals surface area (Å²) in [6.45, 7) is 8.93. The first-order valence-corrected chi connectivity index (χ1v) is 25.3. The van der Waals surface area contributed by atoms with Gasteiger partial charge in [0, 0.05) is 31.0 Å². The van der Waals surface area contributed by atoms with Crippen LogP contribution in [0.3, 0.4) is 0 Å². The molecule has 0 unspecified atom stereocenters. The minimum atomic E-state index is 0. The summed E-state index contributed by atoms with van der Waals surface area (Å²) in [4.78, 5) is 9.96. The van der Waals surface area contributed by atoms with E-state index in [1.807, 2.05) is 23.5 Å². The molecular formula is C46H38Cl2N2S2SiZr-2. The fraction of sp³-hybridized carbons (Fsp3) is 0.0870. The number of halogens is 2. The van der Waals surface area contributed by atoms with Crippen LogP contribution in [0.1, 0.15) is 11.1 Å². The van der Waals surface area contributed by atoms with Crippen molar-refractivity contribution in [2.24, 2.45) is 0 Å². The molecule has 0 N–H and O–H groups in total. The second-order valence-corrected chi connectivity index (χ2v) is 25.0. The van der Waals surface area contributed by atoms with Gasteiger partial charge in [-0.15, -0.1) is 69.1 Å². The van der Waals surface area contributed by atoms with Gasteiger partial charge in [0.2, 0.25) is 0 Å².